The lowest BCUT2D eigenvalue weighted by Crippen LogP contribution is -2.40. The number of sulfonamides is 1. The molecule has 2 N–H and O–H groups in total. The van der Waals surface area contributed by atoms with E-state index in [4.69, 9.17) is 11.6 Å². The Morgan fingerprint density at radius 3 is 2.20 bits per heavy atom. The second kappa shape index (κ2) is 7.01. The first-order chi connectivity index (χ1) is 11.5. The summed E-state index contributed by atoms with van der Waals surface area (Å²) in [5.41, 5.74) is 0.301. The summed E-state index contributed by atoms with van der Waals surface area (Å²) < 4.78 is 40.1. The first-order valence-electron chi connectivity index (χ1n) is 7.38. The molecule has 0 atom stereocenters. The van der Waals surface area contributed by atoms with Crippen LogP contribution in [-0.2, 0) is 10.0 Å². The van der Waals surface area contributed by atoms with Gasteiger partial charge in [-0.25, -0.2) is 12.8 Å². The highest BCUT2D eigenvalue weighted by atomic mass is 35.5. The van der Waals surface area contributed by atoms with Crippen molar-refractivity contribution in [2.24, 2.45) is 0 Å². The molecular weight excluding hydrogens is 367 g/mol. The zero-order valence-corrected chi connectivity index (χ0v) is 15.5. The number of halogens is 2. The third-order valence-electron chi connectivity index (χ3n) is 3.09. The second-order valence-corrected chi connectivity index (χ2v) is 8.55. The number of carbonyl (C=O) groups excluding carboxylic acids is 1. The summed E-state index contributed by atoms with van der Waals surface area (Å²) in [7, 11) is -3.92. The van der Waals surface area contributed by atoms with Gasteiger partial charge in [-0.1, -0.05) is 11.6 Å². The van der Waals surface area contributed by atoms with E-state index < -0.39 is 15.8 Å². The van der Waals surface area contributed by atoms with Crippen LogP contribution in [0.4, 0.5) is 10.1 Å². The minimum Gasteiger partial charge on any atom is -0.347 e. The molecule has 0 saturated carbocycles. The van der Waals surface area contributed by atoms with Gasteiger partial charge < -0.3 is 5.32 Å². The molecule has 2 rings (SSSR count). The van der Waals surface area contributed by atoms with E-state index in [0.29, 0.717) is 5.56 Å². The number of amides is 1. The van der Waals surface area contributed by atoms with Crippen molar-refractivity contribution in [3.63, 3.8) is 0 Å². The van der Waals surface area contributed by atoms with Gasteiger partial charge in [0.25, 0.3) is 15.9 Å². The third kappa shape index (κ3) is 5.17. The van der Waals surface area contributed by atoms with Crippen molar-refractivity contribution in [2.45, 2.75) is 31.2 Å². The van der Waals surface area contributed by atoms with Crippen LogP contribution in [0.15, 0.2) is 47.4 Å². The summed E-state index contributed by atoms with van der Waals surface area (Å²) in [6, 6.07) is 9.10. The Morgan fingerprint density at radius 2 is 1.68 bits per heavy atom. The lowest BCUT2D eigenvalue weighted by Gasteiger charge is -2.20. The number of benzene rings is 2. The van der Waals surface area contributed by atoms with Gasteiger partial charge in [0, 0.05) is 16.8 Å². The van der Waals surface area contributed by atoms with Crippen LogP contribution in [0.2, 0.25) is 5.02 Å². The Labute approximate surface area is 151 Å². The maximum Gasteiger partial charge on any atom is 0.261 e. The maximum atomic E-state index is 13.2. The van der Waals surface area contributed by atoms with Crippen molar-refractivity contribution in [3.8, 4) is 0 Å². The zero-order chi connectivity index (χ0) is 18.8. The molecule has 0 bridgehead atoms. The Bertz CT molecular complexity index is 891. The highest BCUT2D eigenvalue weighted by molar-refractivity contribution is 7.92. The summed E-state index contributed by atoms with van der Waals surface area (Å²) >= 11 is 5.62. The average molecular weight is 385 g/mol. The van der Waals surface area contributed by atoms with Crippen molar-refractivity contribution in [2.75, 3.05) is 4.72 Å². The second-order valence-electron chi connectivity index (χ2n) is 6.46. The number of carbonyl (C=O) groups is 1. The van der Waals surface area contributed by atoms with E-state index in [2.05, 4.69) is 10.0 Å². The van der Waals surface area contributed by atoms with Crippen LogP contribution in [0.1, 0.15) is 31.1 Å². The van der Waals surface area contributed by atoms with Gasteiger partial charge in [-0.05, 0) is 63.2 Å². The average Bonchev–Trinajstić information content (AvgIpc) is 2.48. The van der Waals surface area contributed by atoms with E-state index in [-0.39, 0.29) is 27.1 Å². The summed E-state index contributed by atoms with van der Waals surface area (Å²) in [5, 5.41) is 2.53. The standard InChI is InChI=1S/C17H18ClFN2O3S/c1-17(2,3)20-16(22)11-4-6-12(7-5-11)21-25(23,24)13-8-9-15(19)14(18)10-13/h4-10,21H,1-3H3,(H,20,22). The number of nitrogens with one attached hydrogen (secondary N) is 2. The van der Waals surface area contributed by atoms with Crippen LogP contribution >= 0.6 is 11.6 Å². The maximum absolute atomic E-state index is 13.2. The molecule has 0 spiro atoms. The van der Waals surface area contributed by atoms with E-state index >= 15 is 0 Å². The van der Waals surface area contributed by atoms with Gasteiger partial charge in [0.15, 0.2) is 0 Å². The van der Waals surface area contributed by atoms with Crippen molar-refractivity contribution >= 4 is 33.2 Å². The monoisotopic (exact) mass is 384 g/mol. The molecule has 0 aromatic heterocycles. The normalized spacial score (nSPS) is 11.9. The highest BCUT2D eigenvalue weighted by Crippen LogP contribution is 2.22. The molecule has 1 amide bonds. The van der Waals surface area contributed by atoms with Gasteiger partial charge in [0.2, 0.25) is 0 Å². The summed E-state index contributed by atoms with van der Waals surface area (Å²) in [5.74, 6) is -0.956. The molecule has 0 unspecified atom stereocenters. The van der Waals surface area contributed by atoms with Crippen molar-refractivity contribution < 1.29 is 17.6 Å². The topological polar surface area (TPSA) is 75.3 Å². The lowest BCUT2D eigenvalue weighted by atomic mass is 10.1. The van der Waals surface area contributed by atoms with Crippen molar-refractivity contribution in [3.05, 3.63) is 58.9 Å². The molecule has 0 aliphatic heterocycles. The SMILES string of the molecule is CC(C)(C)NC(=O)c1ccc(NS(=O)(=O)c2ccc(F)c(Cl)c2)cc1. The van der Waals surface area contributed by atoms with E-state index in [9.17, 15) is 17.6 Å². The fourth-order valence-electron chi connectivity index (χ4n) is 1.96. The van der Waals surface area contributed by atoms with E-state index in [1.54, 1.807) is 0 Å². The molecule has 0 radical (unpaired) electrons. The fourth-order valence-corrected chi connectivity index (χ4v) is 3.29. The molecular formula is C17H18ClFN2O3S. The minimum absolute atomic E-state index is 0.159. The Hall–Kier alpha value is -2.12. The number of hydrogen-bond donors (Lipinski definition) is 2. The summed E-state index contributed by atoms with van der Waals surface area (Å²) in [6.07, 6.45) is 0. The van der Waals surface area contributed by atoms with E-state index in [1.807, 2.05) is 20.8 Å². The highest BCUT2D eigenvalue weighted by Gasteiger charge is 2.18. The van der Waals surface area contributed by atoms with E-state index in [0.717, 1.165) is 18.2 Å². The molecule has 5 nitrogen and oxygen atoms in total. The Morgan fingerprint density at radius 1 is 1.08 bits per heavy atom. The molecule has 2 aromatic rings. The molecule has 0 saturated heterocycles. The van der Waals surface area contributed by atoms with Gasteiger partial charge in [-0.2, -0.15) is 0 Å². The van der Waals surface area contributed by atoms with Gasteiger partial charge in [0.1, 0.15) is 5.82 Å². The number of hydrogen-bond acceptors (Lipinski definition) is 3. The van der Waals surface area contributed by atoms with Gasteiger partial charge in [-0.3, -0.25) is 9.52 Å². The molecule has 134 valence electrons. The first-order valence-corrected chi connectivity index (χ1v) is 9.24. The molecule has 25 heavy (non-hydrogen) atoms. The molecule has 8 heteroatoms. The fraction of sp³-hybridized carbons (Fsp3) is 0.235. The Balaban J connectivity index is 2.17. The smallest absolute Gasteiger partial charge is 0.261 e. The first kappa shape index (κ1) is 19.2. The van der Waals surface area contributed by atoms with Crippen LogP contribution in [0.25, 0.3) is 0 Å². The quantitative estimate of drug-likeness (QED) is 0.841. The minimum atomic E-state index is -3.92. The van der Waals surface area contributed by atoms with Crippen LogP contribution in [0, 0.1) is 5.82 Å². The lowest BCUT2D eigenvalue weighted by molar-refractivity contribution is 0.0919. The number of anilines is 1. The van der Waals surface area contributed by atoms with Gasteiger partial charge in [-0.15, -0.1) is 0 Å². The summed E-state index contributed by atoms with van der Waals surface area (Å²) in [6.45, 7) is 5.59. The van der Waals surface area contributed by atoms with Gasteiger partial charge in [0.05, 0.1) is 9.92 Å². The van der Waals surface area contributed by atoms with E-state index in [1.165, 1.54) is 24.3 Å². The largest absolute Gasteiger partial charge is 0.347 e. The molecule has 0 aliphatic rings. The molecule has 0 heterocycles. The molecule has 2 aromatic carbocycles. The molecule has 0 aliphatic carbocycles. The predicted molar refractivity (Wildman–Crippen MR) is 95.9 cm³/mol. The predicted octanol–water partition coefficient (Wildman–Crippen LogP) is 3.81. The summed E-state index contributed by atoms with van der Waals surface area (Å²) in [4.78, 5) is 11.9. The third-order valence-corrected chi connectivity index (χ3v) is 4.76. The van der Waals surface area contributed by atoms with Crippen molar-refractivity contribution in [1.29, 1.82) is 0 Å². The molecule has 0 fully saturated rings. The van der Waals surface area contributed by atoms with Crippen LogP contribution in [0.3, 0.4) is 0 Å². The number of rotatable bonds is 4. The van der Waals surface area contributed by atoms with Crippen LogP contribution in [0.5, 0.6) is 0 Å². The van der Waals surface area contributed by atoms with Crippen molar-refractivity contribution in [1.82, 2.24) is 5.32 Å². The van der Waals surface area contributed by atoms with Crippen LogP contribution in [-0.4, -0.2) is 19.9 Å². The van der Waals surface area contributed by atoms with Gasteiger partial charge >= 0.3 is 0 Å². The Kier molecular flexibility index (Phi) is 5.39. The van der Waals surface area contributed by atoms with Crippen LogP contribution < -0.4 is 10.0 Å². The zero-order valence-electron chi connectivity index (χ0n) is 13.9.